The molecule has 0 atom stereocenters. The van der Waals surface area contributed by atoms with Gasteiger partial charge in [-0.3, -0.25) is 9.59 Å². The van der Waals surface area contributed by atoms with Gasteiger partial charge in [-0.2, -0.15) is 5.26 Å². The highest BCUT2D eigenvalue weighted by atomic mass is 35.5. The molecule has 2 aromatic rings. The third-order valence-corrected chi connectivity index (χ3v) is 3.58. The molecule has 1 aliphatic rings. The Bertz CT molecular complexity index is 866. The average molecular weight is 327 g/mol. The Morgan fingerprint density at radius 3 is 2.26 bits per heavy atom. The number of hydroxylamine groups is 2. The molecule has 0 bridgehead atoms. The summed E-state index contributed by atoms with van der Waals surface area (Å²) in [7, 11) is 0. The van der Waals surface area contributed by atoms with Crippen molar-refractivity contribution in [1.29, 1.82) is 5.26 Å². The van der Waals surface area contributed by atoms with Gasteiger partial charge < -0.3 is 4.84 Å². The predicted molar refractivity (Wildman–Crippen MR) is 78.5 cm³/mol. The third-order valence-electron chi connectivity index (χ3n) is 3.25. The number of hydrogen-bond acceptors (Lipinski definition) is 5. The van der Waals surface area contributed by atoms with Crippen LogP contribution in [-0.2, 0) is 4.84 Å². The highest BCUT2D eigenvalue weighted by Crippen LogP contribution is 2.25. The van der Waals surface area contributed by atoms with Crippen molar-refractivity contribution in [2.75, 3.05) is 0 Å². The minimum atomic E-state index is -0.999. The minimum absolute atomic E-state index is 0.0469. The van der Waals surface area contributed by atoms with Gasteiger partial charge in [-0.15, -0.1) is 0 Å². The summed E-state index contributed by atoms with van der Waals surface area (Å²) in [4.78, 5) is 41.3. The van der Waals surface area contributed by atoms with Gasteiger partial charge in [0.2, 0.25) is 0 Å². The molecule has 0 N–H and O–H groups in total. The average Bonchev–Trinajstić information content (AvgIpc) is 2.80. The van der Waals surface area contributed by atoms with Gasteiger partial charge in [0.15, 0.2) is 0 Å². The zero-order valence-electron chi connectivity index (χ0n) is 11.4. The van der Waals surface area contributed by atoms with Gasteiger partial charge in [-0.05, 0) is 30.3 Å². The standard InChI is InChI=1S/C16H7ClN2O4/c17-13-6-5-9(8-18)7-12(13)16(22)23-19-14(20)10-3-1-2-4-11(10)15(19)21/h1-7H. The summed E-state index contributed by atoms with van der Waals surface area (Å²) in [5, 5.41) is 9.30. The first kappa shape index (κ1) is 14.8. The molecule has 0 aromatic heterocycles. The maximum absolute atomic E-state index is 12.2. The van der Waals surface area contributed by atoms with Crippen molar-refractivity contribution in [2.45, 2.75) is 0 Å². The number of hydrogen-bond donors (Lipinski definition) is 0. The fourth-order valence-corrected chi connectivity index (χ4v) is 2.33. The Morgan fingerprint density at radius 1 is 1.09 bits per heavy atom. The number of nitriles is 1. The largest absolute Gasteiger partial charge is 0.365 e. The predicted octanol–water partition coefficient (Wildman–Crippen LogP) is 2.58. The summed E-state index contributed by atoms with van der Waals surface area (Å²) in [5.74, 6) is -2.46. The van der Waals surface area contributed by atoms with Gasteiger partial charge in [-0.25, -0.2) is 4.79 Å². The molecule has 0 fully saturated rings. The van der Waals surface area contributed by atoms with Crippen molar-refractivity contribution in [1.82, 2.24) is 5.06 Å². The van der Waals surface area contributed by atoms with E-state index >= 15 is 0 Å². The lowest BCUT2D eigenvalue weighted by Crippen LogP contribution is -2.32. The van der Waals surface area contributed by atoms with Crippen LogP contribution in [0.25, 0.3) is 0 Å². The zero-order valence-corrected chi connectivity index (χ0v) is 12.2. The van der Waals surface area contributed by atoms with Crippen LogP contribution in [0, 0.1) is 11.3 Å². The maximum Gasteiger partial charge on any atom is 0.365 e. The van der Waals surface area contributed by atoms with E-state index in [1.54, 1.807) is 12.1 Å². The Morgan fingerprint density at radius 2 is 1.70 bits per heavy atom. The van der Waals surface area contributed by atoms with Gasteiger partial charge in [0.05, 0.1) is 33.3 Å². The van der Waals surface area contributed by atoms with Crippen LogP contribution >= 0.6 is 11.6 Å². The number of halogens is 1. The number of fused-ring (bicyclic) bond motifs is 1. The van der Waals surface area contributed by atoms with Gasteiger partial charge in [-0.1, -0.05) is 28.8 Å². The second-order valence-corrected chi connectivity index (χ2v) is 5.04. The van der Waals surface area contributed by atoms with Crippen LogP contribution in [0.15, 0.2) is 42.5 Å². The molecule has 0 radical (unpaired) electrons. The SMILES string of the molecule is N#Cc1ccc(Cl)c(C(=O)ON2C(=O)c3ccccc3C2=O)c1. The van der Waals surface area contributed by atoms with E-state index in [2.05, 4.69) is 0 Å². The Balaban J connectivity index is 1.89. The first-order chi connectivity index (χ1) is 11.0. The molecule has 23 heavy (non-hydrogen) atoms. The smallest absolute Gasteiger partial charge is 0.324 e. The highest BCUT2D eigenvalue weighted by Gasteiger charge is 2.39. The summed E-state index contributed by atoms with van der Waals surface area (Å²) >= 11 is 5.90. The fourth-order valence-electron chi connectivity index (χ4n) is 2.13. The third kappa shape index (κ3) is 2.43. The molecule has 0 unspecified atom stereocenters. The van der Waals surface area contributed by atoms with Crippen molar-refractivity contribution < 1.29 is 19.2 Å². The molecule has 0 aliphatic carbocycles. The monoisotopic (exact) mass is 326 g/mol. The Kier molecular flexibility index (Phi) is 3.56. The van der Waals surface area contributed by atoms with Gasteiger partial charge in [0.1, 0.15) is 0 Å². The molecule has 0 spiro atoms. The first-order valence-corrected chi connectivity index (χ1v) is 6.80. The molecule has 0 saturated carbocycles. The first-order valence-electron chi connectivity index (χ1n) is 6.42. The number of nitrogens with zero attached hydrogens (tertiary/aromatic N) is 2. The summed E-state index contributed by atoms with van der Waals surface area (Å²) in [5.41, 5.74) is 0.398. The van der Waals surface area contributed by atoms with Crippen molar-refractivity contribution >= 4 is 29.4 Å². The van der Waals surface area contributed by atoms with Crippen LogP contribution in [0.2, 0.25) is 5.02 Å². The molecule has 0 saturated heterocycles. The van der Waals surface area contributed by atoms with Crippen LogP contribution in [0.4, 0.5) is 0 Å². The van der Waals surface area contributed by atoms with E-state index in [1.807, 2.05) is 6.07 Å². The van der Waals surface area contributed by atoms with E-state index in [0.29, 0.717) is 5.06 Å². The van der Waals surface area contributed by atoms with E-state index in [1.165, 1.54) is 30.3 Å². The highest BCUT2D eigenvalue weighted by molar-refractivity contribution is 6.33. The molecule has 1 aliphatic heterocycles. The number of amides is 2. The van der Waals surface area contributed by atoms with Crippen molar-refractivity contribution in [3.8, 4) is 6.07 Å². The lowest BCUT2D eigenvalue weighted by Gasteiger charge is -2.13. The van der Waals surface area contributed by atoms with Gasteiger partial charge in [0, 0.05) is 0 Å². The Labute approximate surface area is 135 Å². The van der Waals surface area contributed by atoms with Crippen molar-refractivity contribution in [3.63, 3.8) is 0 Å². The quantitative estimate of drug-likeness (QED) is 0.791. The molecule has 2 aromatic carbocycles. The van der Waals surface area contributed by atoms with Crippen LogP contribution in [0.3, 0.4) is 0 Å². The number of carbonyl (C=O) groups excluding carboxylic acids is 3. The van der Waals surface area contributed by atoms with Gasteiger partial charge in [0.25, 0.3) is 11.8 Å². The number of carbonyl (C=O) groups is 3. The van der Waals surface area contributed by atoms with Crippen LogP contribution in [-0.4, -0.2) is 22.8 Å². The lowest BCUT2D eigenvalue weighted by atomic mass is 10.1. The lowest BCUT2D eigenvalue weighted by molar-refractivity contribution is -0.0584. The summed E-state index contributed by atoms with van der Waals surface area (Å²) < 4.78 is 0. The molecule has 2 amide bonds. The molecule has 6 nitrogen and oxygen atoms in total. The van der Waals surface area contributed by atoms with E-state index in [0.717, 1.165) is 0 Å². The normalized spacial score (nSPS) is 12.8. The zero-order chi connectivity index (χ0) is 16.6. The van der Waals surface area contributed by atoms with Gasteiger partial charge >= 0.3 is 5.97 Å². The molecular weight excluding hydrogens is 320 g/mol. The fraction of sp³-hybridized carbons (Fsp3) is 0. The van der Waals surface area contributed by atoms with Crippen LogP contribution in [0.5, 0.6) is 0 Å². The number of imide groups is 1. The summed E-state index contributed by atoms with van der Waals surface area (Å²) in [6.07, 6.45) is 0. The number of benzene rings is 2. The van der Waals surface area contributed by atoms with E-state index in [9.17, 15) is 14.4 Å². The minimum Gasteiger partial charge on any atom is -0.324 e. The molecule has 3 rings (SSSR count). The topological polar surface area (TPSA) is 87.5 Å². The molecule has 7 heteroatoms. The molecule has 1 heterocycles. The Hall–Kier alpha value is -3.17. The number of rotatable bonds is 2. The van der Waals surface area contributed by atoms with E-state index in [-0.39, 0.29) is 27.3 Å². The second-order valence-electron chi connectivity index (χ2n) is 4.64. The van der Waals surface area contributed by atoms with E-state index < -0.39 is 17.8 Å². The maximum atomic E-state index is 12.2. The van der Waals surface area contributed by atoms with E-state index in [4.69, 9.17) is 21.7 Å². The second kappa shape index (κ2) is 5.55. The van der Waals surface area contributed by atoms with Crippen LogP contribution in [0.1, 0.15) is 36.6 Å². The van der Waals surface area contributed by atoms with Crippen molar-refractivity contribution in [3.05, 3.63) is 69.7 Å². The van der Waals surface area contributed by atoms with Crippen LogP contribution < -0.4 is 0 Å². The summed E-state index contributed by atoms with van der Waals surface area (Å²) in [6, 6.07) is 12.0. The van der Waals surface area contributed by atoms with Crippen molar-refractivity contribution in [2.24, 2.45) is 0 Å². The molecule has 112 valence electrons. The summed E-state index contributed by atoms with van der Waals surface area (Å²) in [6.45, 7) is 0. The molecular formula is C16H7ClN2O4.